The number of benzene rings is 2. The summed E-state index contributed by atoms with van der Waals surface area (Å²) in [6, 6.07) is 13.4. The number of hydrogen-bond donors (Lipinski definition) is 2. The van der Waals surface area contributed by atoms with Gasteiger partial charge in [0.05, 0.1) is 24.2 Å². The molecule has 3 fully saturated rings. The number of aliphatic hydroxyl groups excluding tert-OH is 1. The Kier molecular flexibility index (Phi) is 7.35. The summed E-state index contributed by atoms with van der Waals surface area (Å²) in [7, 11) is 0. The Labute approximate surface area is 235 Å². The van der Waals surface area contributed by atoms with Crippen molar-refractivity contribution >= 4 is 23.5 Å². The van der Waals surface area contributed by atoms with Crippen molar-refractivity contribution in [3.05, 3.63) is 77.9 Å². The normalized spacial score (nSPS) is 29.4. The highest BCUT2D eigenvalue weighted by Crippen LogP contribution is 2.64. The van der Waals surface area contributed by atoms with Crippen molar-refractivity contribution in [1.82, 2.24) is 4.90 Å². The minimum Gasteiger partial charge on any atom is -0.481 e. The second kappa shape index (κ2) is 10.5. The van der Waals surface area contributed by atoms with Crippen molar-refractivity contribution < 1.29 is 29.3 Å². The van der Waals surface area contributed by atoms with Crippen molar-refractivity contribution in [2.24, 2.45) is 11.8 Å². The van der Waals surface area contributed by atoms with E-state index in [1.54, 1.807) is 11.0 Å². The predicted octanol–water partition coefficient (Wildman–Crippen LogP) is 3.67. The smallest absolute Gasteiger partial charge is 0.310 e. The lowest BCUT2D eigenvalue weighted by atomic mass is 9.65. The Morgan fingerprint density at radius 2 is 1.82 bits per heavy atom. The molecule has 2 unspecified atom stereocenters. The molecule has 0 radical (unpaired) electrons. The van der Waals surface area contributed by atoms with Crippen LogP contribution in [0.4, 0.5) is 5.69 Å². The molecular weight excluding hydrogens is 508 g/mol. The summed E-state index contributed by atoms with van der Waals surface area (Å²) in [5.41, 5.74) is 1.12. The topological polar surface area (TPSA) is 107 Å². The monoisotopic (exact) mass is 546 g/mol. The van der Waals surface area contributed by atoms with Crippen LogP contribution in [0.15, 0.2) is 61.2 Å². The van der Waals surface area contributed by atoms with E-state index in [0.29, 0.717) is 25.7 Å². The number of likely N-dealkylation sites (tertiary alicyclic amines) is 1. The van der Waals surface area contributed by atoms with Gasteiger partial charge in [0, 0.05) is 12.2 Å². The summed E-state index contributed by atoms with van der Waals surface area (Å²) in [6.07, 6.45) is 3.24. The van der Waals surface area contributed by atoms with Crippen LogP contribution in [0.25, 0.3) is 0 Å². The first kappa shape index (κ1) is 28.1. The van der Waals surface area contributed by atoms with Crippen molar-refractivity contribution in [1.29, 1.82) is 0 Å². The van der Waals surface area contributed by atoms with Crippen LogP contribution >= 0.6 is 0 Å². The Balaban J connectivity index is 1.67. The molecule has 5 rings (SSSR count). The quantitative estimate of drug-likeness (QED) is 0.441. The maximum absolute atomic E-state index is 14.8. The molecule has 2 bridgehead atoms. The summed E-state index contributed by atoms with van der Waals surface area (Å²) in [6.45, 7) is 9.44. The zero-order chi connectivity index (χ0) is 28.8. The van der Waals surface area contributed by atoms with E-state index >= 15 is 0 Å². The molecular formula is C32H38N2O6. The van der Waals surface area contributed by atoms with Gasteiger partial charge in [-0.15, -0.1) is 6.58 Å². The molecule has 8 nitrogen and oxygen atoms in total. The Bertz CT molecular complexity index is 1310. The number of carbonyl (C=O) groups is 3. The van der Waals surface area contributed by atoms with Crippen LogP contribution in [-0.2, 0) is 25.5 Å². The summed E-state index contributed by atoms with van der Waals surface area (Å²) in [5, 5.41) is 21.0. The highest BCUT2D eigenvalue weighted by molar-refractivity contribution is 6.05. The molecule has 6 atom stereocenters. The molecule has 3 aliphatic rings. The number of amides is 2. The standard InChI is InChI=1S/C32H38N2O6/c1-5-17-33(26-20(3)11-10-12-21(26)4)29(37)27-32-16-15-31(6-2,40-32)25(30(38)39)24(32)28(36)34(27)23(19-35)18-22-13-8-7-9-14-22/h5,7-14,23-25,27,35H,1,6,15-19H2,2-4H3,(H,38,39)/t23-,24+,25+,27?,31-,32?/m1/s1. The molecule has 0 aliphatic carbocycles. The van der Waals surface area contributed by atoms with Crippen LogP contribution in [0.3, 0.4) is 0 Å². The Hall–Kier alpha value is -3.49. The summed E-state index contributed by atoms with van der Waals surface area (Å²) < 4.78 is 6.70. The lowest BCUT2D eigenvalue weighted by Gasteiger charge is -2.40. The molecule has 2 aromatic carbocycles. The molecule has 1 spiro atoms. The Morgan fingerprint density at radius 3 is 2.40 bits per heavy atom. The van der Waals surface area contributed by atoms with E-state index in [2.05, 4.69) is 6.58 Å². The predicted molar refractivity (Wildman–Crippen MR) is 151 cm³/mol. The molecule has 2 aromatic rings. The minimum atomic E-state index is -1.30. The average Bonchev–Trinajstić information content (AvgIpc) is 3.55. The van der Waals surface area contributed by atoms with E-state index in [1.165, 1.54) is 4.90 Å². The number of hydrogen-bond acceptors (Lipinski definition) is 5. The van der Waals surface area contributed by atoms with Crippen LogP contribution in [0, 0.1) is 25.7 Å². The SMILES string of the molecule is C=CCN(C(=O)C1N([C@@H](CO)Cc2ccccc2)C(=O)[C@@H]2[C@@H](C(=O)O)[C@@]3(CC)CCC12O3)c1c(C)cccc1C. The fraction of sp³-hybridized carbons (Fsp3) is 0.469. The number of carboxylic acid groups (broad SMARTS) is 1. The van der Waals surface area contributed by atoms with Gasteiger partial charge < -0.3 is 24.7 Å². The molecule has 8 heteroatoms. The van der Waals surface area contributed by atoms with Gasteiger partial charge in [-0.3, -0.25) is 14.4 Å². The Morgan fingerprint density at radius 1 is 1.15 bits per heavy atom. The average molecular weight is 547 g/mol. The first-order valence-corrected chi connectivity index (χ1v) is 14.0. The highest BCUT2D eigenvalue weighted by atomic mass is 16.5. The first-order valence-electron chi connectivity index (χ1n) is 14.0. The van der Waals surface area contributed by atoms with Crippen LogP contribution in [0.1, 0.15) is 42.9 Å². The highest BCUT2D eigenvalue weighted by Gasteiger charge is 2.79. The maximum Gasteiger partial charge on any atom is 0.310 e. The van der Waals surface area contributed by atoms with E-state index in [1.807, 2.05) is 69.3 Å². The summed E-state index contributed by atoms with van der Waals surface area (Å²) >= 11 is 0. The number of aliphatic carboxylic acids is 1. The molecule has 0 saturated carbocycles. The molecule has 212 valence electrons. The zero-order valence-corrected chi connectivity index (χ0v) is 23.4. The third kappa shape index (κ3) is 4.08. The third-order valence-corrected chi connectivity index (χ3v) is 9.32. The lowest BCUT2D eigenvalue weighted by Crippen LogP contribution is -2.59. The van der Waals surface area contributed by atoms with Gasteiger partial charge in [0.25, 0.3) is 5.91 Å². The van der Waals surface area contributed by atoms with Crippen LogP contribution in [0.2, 0.25) is 0 Å². The minimum absolute atomic E-state index is 0.202. The number of fused-ring (bicyclic) bond motifs is 1. The molecule has 3 heterocycles. The van der Waals surface area contributed by atoms with Crippen LogP contribution in [0.5, 0.6) is 0 Å². The van der Waals surface area contributed by atoms with Gasteiger partial charge in [0.2, 0.25) is 5.91 Å². The summed E-state index contributed by atoms with van der Waals surface area (Å²) in [4.78, 5) is 45.0. The summed E-state index contributed by atoms with van der Waals surface area (Å²) in [5.74, 6) is -3.95. The third-order valence-electron chi connectivity index (χ3n) is 9.32. The van der Waals surface area contributed by atoms with Crippen molar-refractivity contribution in [2.75, 3.05) is 18.1 Å². The number of anilines is 1. The number of carbonyl (C=O) groups excluding carboxylic acids is 2. The lowest BCUT2D eigenvalue weighted by molar-refractivity contribution is -0.157. The number of aliphatic hydroxyl groups is 1. The van der Waals surface area contributed by atoms with E-state index < -0.39 is 47.0 Å². The number of para-hydroxylation sites is 1. The number of nitrogens with zero attached hydrogens (tertiary/aromatic N) is 2. The van der Waals surface area contributed by atoms with E-state index in [-0.39, 0.29) is 19.1 Å². The van der Waals surface area contributed by atoms with Crippen LogP contribution in [-0.4, -0.2) is 69.3 Å². The first-order chi connectivity index (χ1) is 19.2. The van der Waals surface area contributed by atoms with Crippen molar-refractivity contribution in [3.8, 4) is 0 Å². The van der Waals surface area contributed by atoms with Gasteiger partial charge in [0.1, 0.15) is 17.6 Å². The molecule has 40 heavy (non-hydrogen) atoms. The second-order valence-electron chi connectivity index (χ2n) is 11.4. The number of rotatable bonds is 10. The van der Waals surface area contributed by atoms with Gasteiger partial charge in [-0.05, 0) is 56.2 Å². The second-order valence-corrected chi connectivity index (χ2v) is 11.4. The largest absolute Gasteiger partial charge is 0.481 e. The fourth-order valence-corrected chi connectivity index (χ4v) is 7.64. The van der Waals surface area contributed by atoms with Crippen molar-refractivity contribution in [2.45, 2.75) is 69.7 Å². The van der Waals surface area contributed by atoms with Crippen molar-refractivity contribution in [3.63, 3.8) is 0 Å². The van der Waals surface area contributed by atoms with E-state index in [9.17, 15) is 24.6 Å². The molecule has 2 amide bonds. The van der Waals surface area contributed by atoms with Gasteiger partial charge in [0.15, 0.2) is 0 Å². The van der Waals surface area contributed by atoms with Gasteiger partial charge in [-0.1, -0.05) is 61.5 Å². The molecule has 0 aromatic heterocycles. The van der Waals surface area contributed by atoms with Crippen LogP contribution < -0.4 is 4.90 Å². The van der Waals surface area contributed by atoms with Gasteiger partial charge in [-0.25, -0.2) is 0 Å². The van der Waals surface area contributed by atoms with Gasteiger partial charge in [-0.2, -0.15) is 0 Å². The van der Waals surface area contributed by atoms with Gasteiger partial charge >= 0.3 is 5.97 Å². The van der Waals surface area contributed by atoms with E-state index in [4.69, 9.17) is 4.74 Å². The number of ether oxygens (including phenoxy) is 1. The molecule has 2 N–H and O–H groups in total. The zero-order valence-electron chi connectivity index (χ0n) is 23.4. The number of carboxylic acids is 1. The van der Waals surface area contributed by atoms with E-state index in [0.717, 1.165) is 22.4 Å². The number of aryl methyl sites for hydroxylation is 2. The molecule has 3 aliphatic heterocycles. The maximum atomic E-state index is 14.8. The molecule has 3 saturated heterocycles. The fourth-order valence-electron chi connectivity index (χ4n) is 7.64.